The molecule has 0 bridgehead atoms. The lowest BCUT2D eigenvalue weighted by atomic mass is 10.1. The molecule has 0 saturated carbocycles. The van der Waals surface area contributed by atoms with Gasteiger partial charge in [0, 0.05) is 12.7 Å². The third-order valence-electron chi connectivity index (χ3n) is 2.75. The molecule has 4 heteroatoms. The zero-order valence-corrected chi connectivity index (χ0v) is 11.5. The minimum Gasteiger partial charge on any atom is -0.490 e. The minimum absolute atomic E-state index is 0.606. The summed E-state index contributed by atoms with van der Waals surface area (Å²) in [4.78, 5) is 4.29. The summed E-state index contributed by atoms with van der Waals surface area (Å²) in [5.41, 5.74) is 1.70. The highest BCUT2D eigenvalue weighted by atomic mass is 16.5. The number of nitrogens with zero attached hydrogens (tertiary/aromatic N) is 2. The fourth-order valence-electron chi connectivity index (χ4n) is 1.79. The first-order chi connectivity index (χ1) is 9.83. The Hall–Kier alpha value is -2.54. The average molecular weight is 267 g/mol. The van der Waals surface area contributed by atoms with Crippen LogP contribution >= 0.6 is 0 Å². The van der Waals surface area contributed by atoms with Crippen LogP contribution in [0.4, 0.5) is 5.82 Å². The molecule has 1 N–H and O–H groups in total. The third-order valence-corrected chi connectivity index (χ3v) is 2.75. The van der Waals surface area contributed by atoms with Gasteiger partial charge in [-0.1, -0.05) is 19.1 Å². The Bertz CT molecular complexity index is 605. The van der Waals surface area contributed by atoms with Crippen LogP contribution in [-0.2, 0) is 6.54 Å². The molecule has 20 heavy (non-hydrogen) atoms. The zero-order chi connectivity index (χ0) is 14.2. The van der Waals surface area contributed by atoms with Crippen molar-refractivity contribution in [3.63, 3.8) is 0 Å². The van der Waals surface area contributed by atoms with E-state index in [0.29, 0.717) is 18.7 Å². The third kappa shape index (κ3) is 3.72. The van der Waals surface area contributed by atoms with Gasteiger partial charge in [0.05, 0.1) is 18.2 Å². The maximum absolute atomic E-state index is 8.89. The van der Waals surface area contributed by atoms with E-state index >= 15 is 0 Å². The second-order valence-electron chi connectivity index (χ2n) is 4.36. The minimum atomic E-state index is 0.606. The largest absolute Gasteiger partial charge is 0.490 e. The van der Waals surface area contributed by atoms with Crippen molar-refractivity contribution >= 4 is 5.82 Å². The van der Waals surface area contributed by atoms with E-state index in [0.717, 1.165) is 23.6 Å². The van der Waals surface area contributed by atoms with Gasteiger partial charge in [0.25, 0.3) is 0 Å². The summed E-state index contributed by atoms with van der Waals surface area (Å²) in [6.45, 7) is 3.34. The molecule has 0 radical (unpaired) electrons. The SMILES string of the molecule is CCCOc1cccnc1NCc1cccc(C#N)c1. The number of anilines is 1. The van der Waals surface area contributed by atoms with Gasteiger partial charge in [-0.15, -0.1) is 0 Å². The molecular weight excluding hydrogens is 250 g/mol. The van der Waals surface area contributed by atoms with Crippen molar-refractivity contribution < 1.29 is 4.74 Å². The fraction of sp³-hybridized carbons (Fsp3) is 0.250. The van der Waals surface area contributed by atoms with Crippen LogP contribution in [0.1, 0.15) is 24.5 Å². The second kappa shape index (κ2) is 7.15. The number of nitrogens with one attached hydrogen (secondary N) is 1. The Morgan fingerprint density at radius 3 is 3.00 bits per heavy atom. The summed E-state index contributed by atoms with van der Waals surface area (Å²) in [5, 5.41) is 12.1. The fourth-order valence-corrected chi connectivity index (χ4v) is 1.79. The first kappa shape index (κ1) is 13.9. The summed E-state index contributed by atoms with van der Waals surface area (Å²) in [6, 6.07) is 13.4. The van der Waals surface area contributed by atoms with E-state index in [2.05, 4.69) is 23.3 Å². The Kier molecular flexibility index (Phi) is 4.96. The molecular formula is C16H17N3O. The van der Waals surface area contributed by atoms with Crippen molar-refractivity contribution in [2.24, 2.45) is 0 Å². The summed E-state index contributed by atoms with van der Waals surface area (Å²) in [5.74, 6) is 1.48. The highest BCUT2D eigenvalue weighted by molar-refractivity contribution is 5.50. The molecule has 0 saturated heterocycles. The van der Waals surface area contributed by atoms with Crippen molar-refractivity contribution in [3.05, 3.63) is 53.7 Å². The van der Waals surface area contributed by atoms with E-state index in [9.17, 15) is 0 Å². The number of hydrogen-bond acceptors (Lipinski definition) is 4. The molecule has 4 nitrogen and oxygen atoms in total. The number of hydrogen-bond donors (Lipinski definition) is 1. The molecule has 1 aromatic carbocycles. The topological polar surface area (TPSA) is 57.9 Å². The lowest BCUT2D eigenvalue weighted by molar-refractivity contribution is 0.318. The lowest BCUT2D eigenvalue weighted by Gasteiger charge is -2.11. The number of aromatic nitrogens is 1. The Balaban J connectivity index is 2.05. The molecule has 1 heterocycles. The first-order valence-electron chi connectivity index (χ1n) is 6.64. The molecule has 0 unspecified atom stereocenters. The molecule has 0 atom stereocenters. The van der Waals surface area contributed by atoms with Crippen LogP contribution in [0.15, 0.2) is 42.6 Å². The monoisotopic (exact) mass is 267 g/mol. The van der Waals surface area contributed by atoms with Gasteiger partial charge in [0.1, 0.15) is 0 Å². The Morgan fingerprint density at radius 1 is 1.30 bits per heavy atom. The lowest BCUT2D eigenvalue weighted by Crippen LogP contribution is -2.05. The molecule has 0 spiro atoms. The summed E-state index contributed by atoms with van der Waals surface area (Å²) < 4.78 is 5.64. The van der Waals surface area contributed by atoms with E-state index in [-0.39, 0.29) is 0 Å². The van der Waals surface area contributed by atoms with Crippen molar-refractivity contribution in [3.8, 4) is 11.8 Å². The van der Waals surface area contributed by atoms with E-state index in [1.807, 2.05) is 30.3 Å². The van der Waals surface area contributed by atoms with Gasteiger partial charge in [0.2, 0.25) is 0 Å². The van der Waals surface area contributed by atoms with Gasteiger partial charge in [-0.25, -0.2) is 4.98 Å². The normalized spacial score (nSPS) is 9.80. The smallest absolute Gasteiger partial charge is 0.169 e. The van der Waals surface area contributed by atoms with Gasteiger partial charge >= 0.3 is 0 Å². The molecule has 0 aliphatic rings. The van der Waals surface area contributed by atoms with Crippen LogP contribution in [0, 0.1) is 11.3 Å². The van der Waals surface area contributed by atoms with Crippen LogP contribution < -0.4 is 10.1 Å². The maximum atomic E-state index is 8.89. The highest BCUT2D eigenvalue weighted by Gasteiger charge is 2.04. The zero-order valence-electron chi connectivity index (χ0n) is 11.5. The quantitative estimate of drug-likeness (QED) is 0.872. The number of rotatable bonds is 6. The highest BCUT2D eigenvalue weighted by Crippen LogP contribution is 2.21. The van der Waals surface area contributed by atoms with Crippen LogP contribution in [0.25, 0.3) is 0 Å². The maximum Gasteiger partial charge on any atom is 0.169 e. The van der Waals surface area contributed by atoms with Crippen molar-refractivity contribution in [2.75, 3.05) is 11.9 Å². The van der Waals surface area contributed by atoms with E-state index in [4.69, 9.17) is 10.00 Å². The molecule has 102 valence electrons. The Morgan fingerprint density at radius 2 is 2.20 bits per heavy atom. The predicted molar refractivity (Wildman–Crippen MR) is 78.5 cm³/mol. The number of nitriles is 1. The molecule has 0 aliphatic carbocycles. The predicted octanol–water partition coefficient (Wildman–Crippen LogP) is 3.35. The van der Waals surface area contributed by atoms with Crippen molar-refractivity contribution in [1.29, 1.82) is 5.26 Å². The van der Waals surface area contributed by atoms with Crippen molar-refractivity contribution in [1.82, 2.24) is 4.98 Å². The van der Waals surface area contributed by atoms with Crippen LogP contribution in [-0.4, -0.2) is 11.6 Å². The Labute approximate surface area is 119 Å². The van der Waals surface area contributed by atoms with Crippen LogP contribution in [0.3, 0.4) is 0 Å². The summed E-state index contributed by atoms with van der Waals surface area (Å²) in [7, 11) is 0. The van der Waals surface area contributed by atoms with E-state index in [1.165, 1.54) is 0 Å². The molecule has 2 rings (SSSR count). The average Bonchev–Trinajstić information content (AvgIpc) is 2.52. The summed E-state index contributed by atoms with van der Waals surface area (Å²) in [6.07, 6.45) is 2.69. The molecule has 0 aliphatic heterocycles. The van der Waals surface area contributed by atoms with Crippen LogP contribution in [0.5, 0.6) is 5.75 Å². The van der Waals surface area contributed by atoms with Gasteiger partial charge in [-0.3, -0.25) is 0 Å². The van der Waals surface area contributed by atoms with Crippen molar-refractivity contribution in [2.45, 2.75) is 19.9 Å². The second-order valence-corrected chi connectivity index (χ2v) is 4.36. The molecule has 0 fully saturated rings. The van der Waals surface area contributed by atoms with Gasteiger partial charge in [0.15, 0.2) is 11.6 Å². The molecule has 2 aromatic rings. The van der Waals surface area contributed by atoms with E-state index < -0.39 is 0 Å². The standard InChI is InChI=1S/C16H17N3O/c1-2-9-20-15-7-4-8-18-16(15)19-12-14-6-3-5-13(10-14)11-17/h3-8,10H,2,9,12H2,1H3,(H,18,19). The van der Waals surface area contributed by atoms with Gasteiger partial charge in [-0.05, 0) is 36.2 Å². The van der Waals surface area contributed by atoms with Crippen LogP contribution in [0.2, 0.25) is 0 Å². The van der Waals surface area contributed by atoms with Gasteiger partial charge in [-0.2, -0.15) is 5.26 Å². The van der Waals surface area contributed by atoms with E-state index in [1.54, 1.807) is 12.3 Å². The number of pyridine rings is 1. The van der Waals surface area contributed by atoms with Gasteiger partial charge < -0.3 is 10.1 Å². The summed E-state index contributed by atoms with van der Waals surface area (Å²) >= 11 is 0. The molecule has 1 aromatic heterocycles. The molecule has 0 amide bonds. The number of benzene rings is 1. The number of ether oxygens (including phenoxy) is 1. The first-order valence-corrected chi connectivity index (χ1v) is 6.64.